The molecule has 0 saturated heterocycles. The molecule has 0 saturated carbocycles. The van der Waals surface area contributed by atoms with Crippen LogP contribution in [0.15, 0.2) is 4.52 Å². The van der Waals surface area contributed by atoms with E-state index in [2.05, 4.69) is 50.1 Å². The van der Waals surface area contributed by atoms with Crippen LogP contribution in [0.3, 0.4) is 0 Å². The Labute approximate surface area is 85.1 Å². The molecular formula is C10H19N3O. The molecule has 1 rings (SSSR count). The number of nitrogens with one attached hydrogen (secondary N) is 1. The molecule has 0 fully saturated rings. The van der Waals surface area contributed by atoms with Crippen LogP contribution in [-0.4, -0.2) is 15.7 Å². The minimum atomic E-state index is -0.0400. The normalized spacial score (nSPS) is 12.1. The van der Waals surface area contributed by atoms with E-state index in [1.165, 1.54) is 0 Å². The molecule has 0 aliphatic carbocycles. The summed E-state index contributed by atoms with van der Waals surface area (Å²) in [5.74, 6) is 1.32. The Balaban J connectivity index is 2.60. The SMILES string of the molecule is CC(C)Cc1noc(NC(C)(C)C)n1. The quantitative estimate of drug-likeness (QED) is 0.808. The van der Waals surface area contributed by atoms with Crippen molar-refractivity contribution >= 4 is 6.01 Å². The lowest BCUT2D eigenvalue weighted by Gasteiger charge is -2.17. The van der Waals surface area contributed by atoms with Gasteiger partial charge >= 0.3 is 6.01 Å². The van der Waals surface area contributed by atoms with Gasteiger partial charge in [-0.15, -0.1) is 0 Å². The molecule has 0 atom stereocenters. The molecule has 0 amide bonds. The third kappa shape index (κ3) is 3.77. The van der Waals surface area contributed by atoms with Crippen molar-refractivity contribution in [3.63, 3.8) is 0 Å². The highest BCUT2D eigenvalue weighted by atomic mass is 16.5. The van der Waals surface area contributed by atoms with E-state index in [4.69, 9.17) is 4.52 Å². The van der Waals surface area contributed by atoms with Gasteiger partial charge in [0.2, 0.25) is 0 Å². The molecule has 80 valence electrons. The fourth-order valence-electron chi connectivity index (χ4n) is 1.07. The van der Waals surface area contributed by atoms with Crippen LogP contribution in [0.25, 0.3) is 0 Å². The summed E-state index contributed by atoms with van der Waals surface area (Å²) in [5.41, 5.74) is -0.0400. The van der Waals surface area contributed by atoms with E-state index in [1.807, 2.05) is 0 Å². The van der Waals surface area contributed by atoms with Crippen molar-refractivity contribution in [1.82, 2.24) is 10.1 Å². The van der Waals surface area contributed by atoms with Crippen LogP contribution in [0.5, 0.6) is 0 Å². The highest BCUT2D eigenvalue weighted by molar-refractivity contribution is 5.22. The first kappa shape index (κ1) is 11.0. The fraction of sp³-hybridized carbons (Fsp3) is 0.800. The summed E-state index contributed by atoms with van der Waals surface area (Å²) >= 11 is 0. The second-order valence-corrected chi connectivity index (χ2v) is 4.99. The first-order valence-corrected chi connectivity index (χ1v) is 4.97. The van der Waals surface area contributed by atoms with Crippen LogP contribution >= 0.6 is 0 Å². The van der Waals surface area contributed by atoms with Crippen LogP contribution in [0.4, 0.5) is 6.01 Å². The molecule has 0 spiro atoms. The molecule has 4 heteroatoms. The predicted molar refractivity (Wildman–Crippen MR) is 56.2 cm³/mol. The number of hydrogen-bond acceptors (Lipinski definition) is 4. The summed E-state index contributed by atoms with van der Waals surface area (Å²) in [5, 5.41) is 7.03. The van der Waals surface area contributed by atoms with Gasteiger partial charge in [-0.1, -0.05) is 19.0 Å². The second kappa shape index (κ2) is 3.98. The zero-order chi connectivity index (χ0) is 10.8. The Morgan fingerprint density at radius 3 is 2.50 bits per heavy atom. The van der Waals surface area contributed by atoms with Crippen molar-refractivity contribution in [3.05, 3.63) is 5.82 Å². The zero-order valence-electron chi connectivity index (χ0n) is 9.59. The highest BCUT2D eigenvalue weighted by Crippen LogP contribution is 2.13. The zero-order valence-corrected chi connectivity index (χ0v) is 9.59. The molecule has 0 aromatic carbocycles. The van der Waals surface area contributed by atoms with E-state index in [1.54, 1.807) is 0 Å². The molecule has 0 unspecified atom stereocenters. The average molecular weight is 197 g/mol. The first-order valence-electron chi connectivity index (χ1n) is 4.97. The van der Waals surface area contributed by atoms with Gasteiger partial charge in [-0.25, -0.2) is 0 Å². The number of hydrogen-bond donors (Lipinski definition) is 1. The van der Waals surface area contributed by atoms with E-state index >= 15 is 0 Å². The molecule has 4 nitrogen and oxygen atoms in total. The maximum absolute atomic E-state index is 5.07. The Morgan fingerprint density at radius 1 is 1.36 bits per heavy atom. The van der Waals surface area contributed by atoms with E-state index < -0.39 is 0 Å². The van der Waals surface area contributed by atoms with Crippen LogP contribution in [-0.2, 0) is 6.42 Å². The third-order valence-electron chi connectivity index (χ3n) is 1.54. The molecule has 0 radical (unpaired) electrons. The van der Waals surface area contributed by atoms with E-state index in [-0.39, 0.29) is 5.54 Å². The first-order chi connectivity index (χ1) is 6.37. The van der Waals surface area contributed by atoms with Crippen LogP contribution in [0.1, 0.15) is 40.4 Å². The summed E-state index contributed by atoms with van der Waals surface area (Å²) in [6.45, 7) is 10.4. The van der Waals surface area contributed by atoms with Crippen LogP contribution in [0.2, 0.25) is 0 Å². The topological polar surface area (TPSA) is 51.0 Å². The molecule has 14 heavy (non-hydrogen) atoms. The Morgan fingerprint density at radius 2 is 2.00 bits per heavy atom. The molecule has 1 aromatic rings. The van der Waals surface area contributed by atoms with Crippen LogP contribution < -0.4 is 5.32 Å². The van der Waals surface area contributed by atoms with Crippen molar-refractivity contribution in [1.29, 1.82) is 0 Å². The van der Waals surface area contributed by atoms with Gasteiger partial charge in [-0.05, 0) is 26.7 Å². The van der Waals surface area contributed by atoms with Gasteiger partial charge in [0.25, 0.3) is 0 Å². The minimum Gasteiger partial charge on any atom is -0.333 e. The van der Waals surface area contributed by atoms with Gasteiger partial charge in [0.05, 0.1) is 0 Å². The number of anilines is 1. The summed E-state index contributed by atoms with van der Waals surface area (Å²) in [6, 6.07) is 0.508. The van der Waals surface area contributed by atoms with E-state index in [0.717, 1.165) is 12.2 Å². The molecule has 0 aliphatic rings. The lowest BCUT2D eigenvalue weighted by Crippen LogP contribution is -2.26. The third-order valence-corrected chi connectivity index (χ3v) is 1.54. The Kier molecular flexibility index (Phi) is 3.13. The monoisotopic (exact) mass is 197 g/mol. The van der Waals surface area contributed by atoms with Gasteiger partial charge in [0.15, 0.2) is 5.82 Å². The summed E-state index contributed by atoms with van der Waals surface area (Å²) in [4.78, 5) is 4.25. The lowest BCUT2D eigenvalue weighted by molar-refractivity contribution is 0.408. The Bertz CT molecular complexity index is 286. The van der Waals surface area contributed by atoms with Gasteiger partial charge in [-0.2, -0.15) is 4.98 Å². The van der Waals surface area contributed by atoms with Crippen LogP contribution in [0, 0.1) is 5.92 Å². The largest absolute Gasteiger partial charge is 0.333 e. The lowest BCUT2D eigenvalue weighted by atomic mass is 10.1. The number of rotatable bonds is 3. The van der Waals surface area contributed by atoms with Crippen molar-refractivity contribution in [3.8, 4) is 0 Å². The highest BCUT2D eigenvalue weighted by Gasteiger charge is 2.14. The fourth-order valence-corrected chi connectivity index (χ4v) is 1.07. The van der Waals surface area contributed by atoms with Gasteiger partial charge in [0, 0.05) is 12.0 Å². The molecule has 1 heterocycles. The second-order valence-electron chi connectivity index (χ2n) is 4.99. The van der Waals surface area contributed by atoms with E-state index in [9.17, 15) is 0 Å². The van der Waals surface area contributed by atoms with Crippen molar-refractivity contribution in [2.75, 3.05) is 5.32 Å². The smallest absolute Gasteiger partial charge is 0.321 e. The van der Waals surface area contributed by atoms with E-state index in [0.29, 0.717) is 11.9 Å². The summed E-state index contributed by atoms with van der Waals surface area (Å²) < 4.78 is 5.07. The molecular weight excluding hydrogens is 178 g/mol. The maximum atomic E-state index is 5.07. The molecule has 0 bridgehead atoms. The van der Waals surface area contributed by atoms with Crippen molar-refractivity contribution in [2.24, 2.45) is 5.92 Å². The minimum absolute atomic E-state index is 0.0400. The van der Waals surface area contributed by atoms with Gasteiger partial charge in [-0.3, -0.25) is 0 Å². The predicted octanol–water partition coefficient (Wildman–Crippen LogP) is 2.48. The number of nitrogens with zero attached hydrogens (tertiary/aromatic N) is 2. The standard InChI is InChI=1S/C10H19N3O/c1-7(2)6-8-11-9(14-13-8)12-10(3,4)5/h7H,6H2,1-5H3,(H,11,12,13). The average Bonchev–Trinajstić information content (AvgIpc) is 2.30. The van der Waals surface area contributed by atoms with Gasteiger partial charge in [0.1, 0.15) is 0 Å². The maximum Gasteiger partial charge on any atom is 0.321 e. The molecule has 1 aromatic heterocycles. The van der Waals surface area contributed by atoms with Crippen molar-refractivity contribution < 1.29 is 4.52 Å². The number of aromatic nitrogens is 2. The van der Waals surface area contributed by atoms with Gasteiger partial charge < -0.3 is 9.84 Å². The Hall–Kier alpha value is -1.06. The summed E-state index contributed by atoms with van der Waals surface area (Å²) in [7, 11) is 0. The van der Waals surface area contributed by atoms with Crippen molar-refractivity contribution in [2.45, 2.75) is 46.6 Å². The molecule has 1 N–H and O–H groups in total. The molecule has 0 aliphatic heterocycles. The summed E-state index contributed by atoms with van der Waals surface area (Å²) in [6.07, 6.45) is 0.856.